The van der Waals surface area contributed by atoms with Gasteiger partial charge in [0.2, 0.25) is 5.89 Å². The molecule has 0 saturated carbocycles. The Morgan fingerprint density at radius 2 is 0.967 bits per heavy atom. The molecule has 0 aliphatic carbocycles. The first-order valence-corrected chi connectivity index (χ1v) is 20.4. The Kier molecular flexibility index (Phi) is 8.83. The summed E-state index contributed by atoms with van der Waals surface area (Å²) in [7, 11) is 0. The molecule has 0 aliphatic heterocycles. The first-order chi connectivity index (χ1) is 29.8. The predicted octanol–water partition coefficient (Wildman–Crippen LogP) is 15.9. The molecule has 11 aromatic rings. The van der Waals surface area contributed by atoms with E-state index in [1.54, 1.807) is 0 Å². The van der Waals surface area contributed by atoms with Crippen molar-refractivity contribution in [2.45, 2.75) is 0 Å². The summed E-state index contributed by atoms with van der Waals surface area (Å²) in [6.07, 6.45) is 0. The number of anilines is 3. The van der Waals surface area contributed by atoms with Crippen LogP contribution in [0.1, 0.15) is 0 Å². The van der Waals surface area contributed by atoms with E-state index >= 15 is 0 Å². The normalized spacial score (nSPS) is 11.3. The van der Waals surface area contributed by atoms with Gasteiger partial charge in [0.05, 0.1) is 11.4 Å². The lowest BCUT2D eigenvalue weighted by Crippen LogP contribution is -2.13. The van der Waals surface area contributed by atoms with Crippen LogP contribution in [0.5, 0.6) is 0 Å². The zero-order valence-corrected chi connectivity index (χ0v) is 32.7. The molecule has 1 heterocycles. The van der Waals surface area contributed by atoms with Gasteiger partial charge in [-0.15, -0.1) is 0 Å². The number of nitrogens with zero attached hydrogens (tertiary/aromatic N) is 2. The first kappa shape index (κ1) is 35.2. The molecule has 0 unspecified atom stereocenters. The van der Waals surface area contributed by atoms with Crippen molar-refractivity contribution < 1.29 is 4.42 Å². The molecule has 0 radical (unpaired) electrons. The van der Waals surface area contributed by atoms with Crippen LogP contribution in [0.4, 0.5) is 17.1 Å². The van der Waals surface area contributed by atoms with Crippen molar-refractivity contribution >= 4 is 49.7 Å². The van der Waals surface area contributed by atoms with Crippen LogP contribution in [0.15, 0.2) is 235 Å². The van der Waals surface area contributed by atoms with Crippen molar-refractivity contribution in [1.29, 1.82) is 0 Å². The second kappa shape index (κ2) is 15.1. The Labute approximate surface area is 349 Å². The summed E-state index contributed by atoms with van der Waals surface area (Å²) in [5.74, 6) is 0.624. The molecule has 3 nitrogen and oxygen atoms in total. The summed E-state index contributed by atoms with van der Waals surface area (Å²) >= 11 is 0. The molecule has 3 heteroatoms. The van der Waals surface area contributed by atoms with Gasteiger partial charge in [0.15, 0.2) is 5.58 Å². The molecule has 0 atom stereocenters. The third-order valence-electron chi connectivity index (χ3n) is 11.5. The highest BCUT2D eigenvalue weighted by atomic mass is 16.3. The molecular formula is C57H38N2O. The Morgan fingerprint density at radius 1 is 0.350 bits per heavy atom. The van der Waals surface area contributed by atoms with E-state index in [1.807, 2.05) is 30.3 Å². The molecule has 1 aromatic heterocycles. The number of benzene rings is 10. The Hall–Kier alpha value is -8.01. The van der Waals surface area contributed by atoms with Gasteiger partial charge in [0.25, 0.3) is 0 Å². The van der Waals surface area contributed by atoms with E-state index in [-0.39, 0.29) is 0 Å². The summed E-state index contributed by atoms with van der Waals surface area (Å²) in [6.45, 7) is 0. The number of aromatic nitrogens is 1. The van der Waals surface area contributed by atoms with Gasteiger partial charge >= 0.3 is 0 Å². The summed E-state index contributed by atoms with van der Waals surface area (Å²) in [6, 6.07) is 82.1. The standard InChI is InChI=1S/C57H38N2O/c1-5-17-39(18-6-1)44-26-15-27-46(37-44)59(53-35-31-41-21-13-14-28-48(41)55(53)42-22-9-3-10-23-42)52-34-32-45(38-51(52)40-19-7-2-8-20-40)47-29-16-30-50-49(47)33-36-54-56(50)58-57(60-54)43-24-11-4-12-25-43/h1-38H. The Bertz CT molecular complexity index is 3300. The first-order valence-electron chi connectivity index (χ1n) is 20.4. The molecule has 282 valence electrons. The van der Waals surface area contributed by atoms with Crippen molar-refractivity contribution in [1.82, 2.24) is 4.98 Å². The van der Waals surface area contributed by atoms with Gasteiger partial charge in [-0.2, -0.15) is 0 Å². The Morgan fingerprint density at radius 3 is 1.73 bits per heavy atom. The van der Waals surface area contributed by atoms with Crippen molar-refractivity contribution in [3.05, 3.63) is 231 Å². The van der Waals surface area contributed by atoms with E-state index in [0.717, 1.165) is 77.9 Å². The topological polar surface area (TPSA) is 29.3 Å². The predicted molar refractivity (Wildman–Crippen MR) is 251 cm³/mol. The van der Waals surface area contributed by atoms with E-state index in [4.69, 9.17) is 9.40 Å². The molecule has 0 aliphatic rings. The average Bonchev–Trinajstić information content (AvgIpc) is 3.78. The molecule has 0 fully saturated rings. The Balaban J connectivity index is 1.16. The van der Waals surface area contributed by atoms with Gasteiger partial charge in [-0.3, -0.25) is 0 Å². The second-order valence-electron chi connectivity index (χ2n) is 15.1. The van der Waals surface area contributed by atoms with E-state index < -0.39 is 0 Å². The fourth-order valence-corrected chi connectivity index (χ4v) is 8.67. The third kappa shape index (κ3) is 6.30. The zero-order valence-electron chi connectivity index (χ0n) is 32.7. The highest BCUT2D eigenvalue weighted by Crippen LogP contribution is 2.49. The third-order valence-corrected chi connectivity index (χ3v) is 11.5. The zero-order chi connectivity index (χ0) is 39.8. The van der Waals surface area contributed by atoms with Crippen LogP contribution in [-0.4, -0.2) is 4.98 Å². The quantitative estimate of drug-likeness (QED) is 0.154. The lowest BCUT2D eigenvalue weighted by molar-refractivity contribution is 0.620. The van der Waals surface area contributed by atoms with Gasteiger partial charge in [0, 0.05) is 27.8 Å². The summed E-state index contributed by atoms with van der Waals surface area (Å²) in [5, 5.41) is 4.58. The van der Waals surface area contributed by atoms with Crippen molar-refractivity contribution in [3.8, 4) is 56.0 Å². The molecule has 0 saturated heterocycles. The van der Waals surface area contributed by atoms with Crippen LogP contribution in [0, 0.1) is 0 Å². The van der Waals surface area contributed by atoms with Crippen molar-refractivity contribution in [2.75, 3.05) is 4.90 Å². The van der Waals surface area contributed by atoms with Crippen LogP contribution in [0.25, 0.3) is 88.6 Å². The van der Waals surface area contributed by atoms with Crippen LogP contribution in [-0.2, 0) is 0 Å². The minimum atomic E-state index is 0.624. The van der Waals surface area contributed by atoms with Crippen LogP contribution in [0.3, 0.4) is 0 Å². The lowest BCUT2D eigenvalue weighted by Gasteiger charge is -2.31. The van der Waals surface area contributed by atoms with Gasteiger partial charge < -0.3 is 9.32 Å². The number of rotatable bonds is 8. The van der Waals surface area contributed by atoms with Gasteiger partial charge in [-0.05, 0) is 104 Å². The highest BCUT2D eigenvalue weighted by Gasteiger charge is 2.24. The molecule has 11 rings (SSSR count). The number of fused-ring (bicyclic) bond motifs is 4. The number of hydrogen-bond donors (Lipinski definition) is 0. The van der Waals surface area contributed by atoms with E-state index in [0.29, 0.717) is 5.89 Å². The van der Waals surface area contributed by atoms with Crippen LogP contribution in [0.2, 0.25) is 0 Å². The smallest absolute Gasteiger partial charge is 0.227 e. The van der Waals surface area contributed by atoms with Gasteiger partial charge in [-0.1, -0.05) is 176 Å². The van der Waals surface area contributed by atoms with Crippen molar-refractivity contribution in [3.63, 3.8) is 0 Å². The van der Waals surface area contributed by atoms with Crippen LogP contribution < -0.4 is 4.90 Å². The van der Waals surface area contributed by atoms with E-state index in [2.05, 4.69) is 205 Å². The van der Waals surface area contributed by atoms with Crippen LogP contribution >= 0.6 is 0 Å². The minimum absolute atomic E-state index is 0.624. The maximum atomic E-state index is 6.30. The second-order valence-corrected chi connectivity index (χ2v) is 15.1. The molecule has 0 amide bonds. The highest BCUT2D eigenvalue weighted by molar-refractivity contribution is 6.11. The fourth-order valence-electron chi connectivity index (χ4n) is 8.67. The maximum absolute atomic E-state index is 6.30. The monoisotopic (exact) mass is 766 g/mol. The summed E-state index contributed by atoms with van der Waals surface area (Å²) in [4.78, 5) is 7.48. The average molecular weight is 767 g/mol. The molecule has 10 aromatic carbocycles. The molecule has 0 bridgehead atoms. The molecule has 0 N–H and O–H groups in total. The minimum Gasteiger partial charge on any atom is -0.436 e. The van der Waals surface area contributed by atoms with E-state index in [1.165, 1.54) is 21.9 Å². The molecular weight excluding hydrogens is 729 g/mol. The van der Waals surface area contributed by atoms with Gasteiger partial charge in [-0.25, -0.2) is 4.98 Å². The summed E-state index contributed by atoms with van der Waals surface area (Å²) in [5.41, 5.74) is 15.0. The summed E-state index contributed by atoms with van der Waals surface area (Å²) < 4.78 is 6.30. The number of hydrogen-bond acceptors (Lipinski definition) is 3. The van der Waals surface area contributed by atoms with Crippen molar-refractivity contribution in [2.24, 2.45) is 0 Å². The SMILES string of the molecule is c1ccc(-c2cccc(N(c3ccc(-c4cccc5c4ccc4oc(-c6ccccc6)nc45)cc3-c3ccccc3)c3ccc4ccccc4c3-c3ccccc3)c2)cc1. The lowest BCUT2D eigenvalue weighted by atomic mass is 9.92. The maximum Gasteiger partial charge on any atom is 0.227 e. The fraction of sp³-hybridized carbons (Fsp3) is 0. The number of oxazole rings is 1. The molecule has 0 spiro atoms. The van der Waals surface area contributed by atoms with E-state index in [9.17, 15) is 0 Å². The largest absolute Gasteiger partial charge is 0.436 e. The van der Waals surface area contributed by atoms with Gasteiger partial charge in [0.1, 0.15) is 5.52 Å². The molecule has 60 heavy (non-hydrogen) atoms.